The molecule has 2 atom stereocenters. The van der Waals surface area contributed by atoms with Crippen LogP contribution in [0.1, 0.15) is 70.5 Å². The Morgan fingerprint density at radius 3 is 2.79 bits per heavy atom. The third-order valence-electron chi connectivity index (χ3n) is 4.35. The molecule has 0 heterocycles. The Morgan fingerprint density at radius 2 is 2.04 bits per heavy atom. The molecule has 4 heteroatoms. The van der Waals surface area contributed by atoms with E-state index in [2.05, 4.69) is 34.9 Å². The number of aryl methyl sites for hydroxylation is 1. The smallest absolute Gasteiger partial charge is 0.407 e. The van der Waals surface area contributed by atoms with E-state index >= 15 is 0 Å². The van der Waals surface area contributed by atoms with Crippen molar-refractivity contribution in [1.29, 1.82) is 0 Å². The Bertz CT molecular complexity index is 537. The van der Waals surface area contributed by atoms with Crippen molar-refractivity contribution in [2.45, 2.75) is 77.5 Å². The monoisotopic (exact) mass is 332 g/mol. The van der Waals surface area contributed by atoms with Crippen molar-refractivity contribution in [1.82, 2.24) is 10.6 Å². The van der Waals surface area contributed by atoms with E-state index in [9.17, 15) is 4.79 Å². The zero-order valence-corrected chi connectivity index (χ0v) is 15.5. The SMILES string of the molecule is CC(CCNC1CCCCc2ccccc21)NC(=O)OC(C)(C)C. The summed E-state index contributed by atoms with van der Waals surface area (Å²) in [6.45, 7) is 8.54. The van der Waals surface area contributed by atoms with Gasteiger partial charge in [-0.25, -0.2) is 4.79 Å². The second-order valence-electron chi connectivity index (χ2n) is 7.79. The summed E-state index contributed by atoms with van der Waals surface area (Å²) < 4.78 is 5.30. The van der Waals surface area contributed by atoms with Crippen LogP contribution in [-0.2, 0) is 11.2 Å². The van der Waals surface area contributed by atoms with E-state index < -0.39 is 5.60 Å². The summed E-state index contributed by atoms with van der Waals surface area (Å²) in [7, 11) is 0. The fourth-order valence-electron chi connectivity index (χ4n) is 3.19. The largest absolute Gasteiger partial charge is 0.444 e. The van der Waals surface area contributed by atoms with Crippen LogP contribution in [0.2, 0.25) is 0 Å². The number of ether oxygens (including phenoxy) is 1. The lowest BCUT2D eigenvalue weighted by atomic mass is 9.99. The highest BCUT2D eigenvalue weighted by atomic mass is 16.6. The van der Waals surface area contributed by atoms with Gasteiger partial charge in [0.05, 0.1) is 0 Å². The fourth-order valence-corrected chi connectivity index (χ4v) is 3.19. The van der Waals surface area contributed by atoms with E-state index in [0.29, 0.717) is 6.04 Å². The molecule has 0 radical (unpaired) electrons. The highest BCUT2D eigenvalue weighted by Gasteiger charge is 2.19. The lowest BCUT2D eigenvalue weighted by Gasteiger charge is -2.23. The average molecular weight is 332 g/mol. The molecule has 1 aliphatic rings. The topological polar surface area (TPSA) is 50.4 Å². The Labute approximate surface area is 146 Å². The molecule has 2 N–H and O–H groups in total. The minimum absolute atomic E-state index is 0.0911. The number of amides is 1. The number of fused-ring (bicyclic) bond motifs is 1. The zero-order valence-electron chi connectivity index (χ0n) is 15.5. The fraction of sp³-hybridized carbons (Fsp3) is 0.650. The van der Waals surface area contributed by atoms with E-state index in [0.717, 1.165) is 13.0 Å². The van der Waals surface area contributed by atoms with Crippen molar-refractivity contribution in [3.05, 3.63) is 35.4 Å². The number of alkyl carbamates (subject to hydrolysis) is 1. The summed E-state index contributed by atoms with van der Waals surface area (Å²) >= 11 is 0. The predicted octanol–water partition coefficient (Wildman–Crippen LogP) is 4.35. The van der Waals surface area contributed by atoms with E-state index in [1.807, 2.05) is 27.7 Å². The highest BCUT2D eigenvalue weighted by Crippen LogP contribution is 2.28. The van der Waals surface area contributed by atoms with Crippen LogP contribution in [0.4, 0.5) is 4.79 Å². The van der Waals surface area contributed by atoms with Crippen LogP contribution in [0.15, 0.2) is 24.3 Å². The van der Waals surface area contributed by atoms with Crippen LogP contribution in [0.3, 0.4) is 0 Å². The number of rotatable bonds is 5. The normalized spacial score (nSPS) is 19.1. The molecule has 1 aromatic carbocycles. The second kappa shape index (κ2) is 8.52. The van der Waals surface area contributed by atoms with Gasteiger partial charge in [0, 0.05) is 12.1 Å². The molecule has 1 amide bonds. The lowest BCUT2D eigenvalue weighted by molar-refractivity contribution is 0.0506. The summed E-state index contributed by atoms with van der Waals surface area (Å²) in [4.78, 5) is 11.8. The van der Waals surface area contributed by atoms with Crippen molar-refractivity contribution in [3.8, 4) is 0 Å². The van der Waals surface area contributed by atoms with Gasteiger partial charge in [0.1, 0.15) is 5.60 Å². The first kappa shape index (κ1) is 18.8. The van der Waals surface area contributed by atoms with Crippen molar-refractivity contribution in [3.63, 3.8) is 0 Å². The molecule has 0 saturated heterocycles. The molecule has 0 fully saturated rings. The summed E-state index contributed by atoms with van der Waals surface area (Å²) in [5.41, 5.74) is 2.47. The molecular formula is C20H32N2O2. The van der Waals surface area contributed by atoms with Crippen molar-refractivity contribution in [2.24, 2.45) is 0 Å². The molecule has 24 heavy (non-hydrogen) atoms. The van der Waals surface area contributed by atoms with E-state index in [4.69, 9.17) is 4.74 Å². The van der Waals surface area contributed by atoms with Crippen LogP contribution in [0.25, 0.3) is 0 Å². The van der Waals surface area contributed by atoms with Crippen molar-refractivity contribution >= 4 is 6.09 Å². The van der Waals surface area contributed by atoms with Gasteiger partial charge >= 0.3 is 6.09 Å². The molecule has 4 nitrogen and oxygen atoms in total. The van der Waals surface area contributed by atoms with Crippen LogP contribution in [-0.4, -0.2) is 24.3 Å². The summed E-state index contributed by atoms with van der Waals surface area (Å²) in [5, 5.41) is 6.58. The van der Waals surface area contributed by atoms with Gasteiger partial charge < -0.3 is 15.4 Å². The van der Waals surface area contributed by atoms with Gasteiger partial charge in [-0.05, 0) is 71.0 Å². The van der Waals surface area contributed by atoms with Crippen LogP contribution in [0.5, 0.6) is 0 Å². The van der Waals surface area contributed by atoms with Crippen molar-refractivity contribution in [2.75, 3.05) is 6.54 Å². The van der Waals surface area contributed by atoms with Gasteiger partial charge in [0.15, 0.2) is 0 Å². The summed E-state index contributed by atoms with van der Waals surface area (Å²) in [6.07, 6.45) is 5.45. The maximum absolute atomic E-state index is 11.8. The third kappa shape index (κ3) is 6.16. The Hall–Kier alpha value is -1.55. The number of carbonyl (C=O) groups excluding carboxylic acids is 1. The van der Waals surface area contributed by atoms with Crippen LogP contribution in [0, 0.1) is 0 Å². The standard InChI is InChI=1S/C20H32N2O2/c1-15(22-19(23)24-20(2,3)4)13-14-21-18-12-8-6-10-16-9-5-7-11-17(16)18/h5,7,9,11,15,18,21H,6,8,10,12-14H2,1-4H3,(H,22,23). The molecule has 2 unspecified atom stereocenters. The zero-order chi connectivity index (χ0) is 17.6. The molecule has 2 rings (SSSR count). The first-order valence-electron chi connectivity index (χ1n) is 9.16. The third-order valence-corrected chi connectivity index (χ3v) is 4.35. The van der Waals surface area contributed by atoms with E-state index in [-0.39, 0.29) is 12.1 Å². The predicted molar refractivity (Wildman–Crippen MR) is 98.2 cm³/mol. The lowest BCUT2D eigenvalue weighted by Crippen LogP contribution is -2.39. The van der Waals surface area contributed by atoms with Gasteiger partial charge in [-0.3, -0.25) is 0 Å². The molecule has 0 aromatic heterocycles. The molecular weight excluding hydrogens is 300 g/mol. The highest BCUT2D eigenvalue weighted by molar-refractivity contribution is 5.68. The van der Waals surface area contributed by atoms with Gasteiger partial charge in [0.2, 0.25) is 0 Å². The van der Waals surface area contributed by atoms with E-state index in [1.165, 1.54) is 36.8 Å². The van der Waals surface area contributed by atoms with Gasteiger partial charge in [-0.2, -0.15) is 0 Å². The number of carbonyl (C=O) groups is 1. The number of hydrogen-bond acceptors (Lipinski definition) is 3. The van der Waals surface area contributed by atoms with Crippen LogP contribution >= 0.6 is 0 Å². The Kier molecular flexibility index (Phi) is 6.67. The molecule has 1 aromatic rings. The maximum Gasteiger partial charge on any atom is 0.407 e. The Morgan fingerprint density at radius 1 is 1.29 bits per heavy atom. The molecule has 0 saturated carbocycles. The van der Waals surface area contributed by atoms with Gasteiger partial charge in [-0.1, -0.05) is 30.7 Å². The first-order valence-corrected chi connectivity index (χ1v) is 9.16. The number of hydrogen-bond donors (Lipinski definition) is 2. The maximum atomic E-state index is 11.8. The van der Waals surface area contributed by atoms with E-state index in [1.54, 1.807) is 0 Å². The molecule has 0 spiro atoms. The quantitative estimate of drug-likeness (QED) is 0.788. The van der Waals surface area contributed by atoms with Gasteiger partial charge in [-0.15, -0.1) is 0 Å². The van der Waals surface area contributed by atoms with Gasteiger partial charge in [0.25, 0.3) is 0 Å². The number of nitrogens with one attached hydrogen (secondary N) is 2. The molecule has 0 aliphatic heterocycles. The molecule has 0 bridgehead atoms. The average Bonchev–Trinajstić information content (AvgIpc) is 2.68. The van der Waals surface area contributed by atoms with Crippen LogP contribution < -0.4 is 10.6 Å². The Balaban J connectivity index is 1.78. The minimum Gasteiger partial charge on any atom is -0.444 e. The minimum atomic E-state index is -0.452. The van der Waals surface area contributed by atoms with Crippen molar-refractivity contribution < 1.29 is 9.53 Å². The second-order valence-corrected chi connectivity index (χ2v) is 7.79. The molecule has 134 valence electrons. The molecule has 1 aliphatic carbocycles. The number of benzene rings is 1. The summed E-state index contributed by atoms with van der Waals surface area (Å²) in [6, 6.07) is 9.29. The first-order chi connectivity index (χ1) is 11.3. The summed E-state index contributed by atoms with van der Waals surface area (Å²) in [5.74, 6) is 0.